The van der Waals surface area contributed by atoms with Gasteiger partial charge in [-0.15, -0.1) is 0 Å². The summed E-state index contributed by atoms with van der Waals surface area (Å²) in [6, 6.07) is 2.26. The van der Waals surface area contributed by atoms with E-state index in [1.807, 2.05) is 6.92 Å². The molecule has 2 aliphatic heterocycles. The van der Waals surface area contributed by atoms with Gasteiger partial charge < -0.3 is 14.8 Å². The van der Waals surface area contributed by atoms with Crippen LogP contribution in [0.5, 0.6) is 11.5 Å². The van der Waals surface area contributed by atoms with Gasteiger partial charge in [0.25, 0.3) is 0 Å². The molecule has 0 aromatic heterocycles. The number of carbonyl (C=O) groups is 4. The number of hydrogen-bond donors (Lipinski definition) is 1. The fourth-order valence-electron chi connectivity index (χ4n) is 2.82. The fraction of sp³-hybridized carbons (Fsp3) is 0.444. The van der Waals surface area contributed by atoms with E-state index in [9.17, 15) is 19.2 Å². The van der Waals surface area contributed by atoms with Crippen molar-refractivity contribution in [3.63, 3.8) is 0 Å². The zero-order valence-corrected chi connectivity index (χ0v) is 16.1. The lowest BCUT2D eigenvalue weighted by Crippen LogP contribution is -2.39. The molecule has 1 aromatic carbocycles. The van der Waals surface area contributed by atoms with Crippen LogP contribution in [0, 0.1) is 0 Å². The molecule has 1 saturated heterocycles. The maximum atomic E-state index is 12.4. The molecule has 0 saturated carbocycles. The summed E-state index contributed by atoms with van der Waals surface area (Å²) in [6.45, 7) is 2.42. The van der Waals surface area contributed by atoms with Gasteiger partial charge >= 0.3 is 17.8 Å². The van der Waals surface area contributed by atoms with E-state index in [0.717, 1.165) is 17.7 Å². The normalized spacial score (nSPS) is 16.4. The number of nitrogens with zero attached hydrogens (tertiary/aromatic N) is 2. The number of fused-ring (bicyclic) bond motifs is 1. The third kappa shape index (κ3) is 4.04. The summed E-state index contributed by atoms with van der Waals surface area (Å²) in [5.74, 6) is -1.68. The number of hydrogen-bond acceptors (Lipinski definition) is 6. The first-order valence-electron chi connectivity index (χ1n) is 8.98. The summed E-state index contributed by atoms with van der Waals surface area (Å²) in [5.41, 5.74) is 0.254. The fourth-order valence-corrected chi connectivity index (χ4v) is 3.02. The lowest BCUT2D eigenvalue weighted by atomic mass is 10.2. The zero-order valence-electron chi connectivity index (χ0n) is 15.3. The maximum absolute atomic E-state index is 12.4. The molecule has 1 fully saturated rings. The van der Waals surface area contributed by atoms with E-state index in [-0.39, 0.29) is 17.3 Å². The number of urea groups is 1. The Bertz CT molecular complexity index is 828. The predicted molar refractivity (Wildman–Crippen MR) is 99.4 cm³/mol. The van der Waals surface area contributed by atoms with Crippen molar-refractivity contribution in [3.8, 4) is 11.5 Å². The number of halogens is 1. The lowest BCUT2D eigenvalue weighted by molar-refractivity contribution is -0.143. The van der Waals surface area contributed by atoms with Crippen molar-refractivity contribution in [1.82, 2.24) is 9.80 Å². The highest BCUT2D eigenvalue weighted by Crippen LogP contribution is 2.37. The van der Waals surface area contributed by atoms with Crippen molar-refractivity contribution in [2.24, 2.45) is 0 Å². The van der Waals surface area contributed by atoms with E-state index in [1.54, 1.807) is 0 Å². The van der Waals surface area contributed by atoms with Crippen molar-refractivity contribution in [2.75, 3.05) is 31.6 Å². The Balaban J connectivity index is 1.69. The largest absolute Gasteiger partial charge is 0.490 e. The van der Waals surface area contributed by atoms with Crippen LogP contribution in [0.3, 0.4) is 0 Å². The average molecular weight is 410 g/mol. The minimum Gasteiger partial charge on any atom is -0.490 e. The first-order chi connectivity index (χ1) is 13.4. The van der Waals surface area contributed by atoms with Gasteiger partial charge in [0.05, 0.1) is 23.9 Å². The number of amides is 5. The molecule has 150 valence electrons. The van der Waals surface area contributed by atoms with Crippen LogP contribution in [0.2, 0.25) is 5.02 Å². The highest BCUT2D eigenvalue weighted by atomic mass is 35.5. The van der Waals surface area contributed by atoms with Crippen LogP contribution in [0.25, 0.3) is 0 Å². The summed E-state index contributed by atoms with van der Waals surface area (Å²) in [7, 11) is 0. The number of nitrogens with one attached hydrogen (secondary N) is 1. The Kier molecular flexibility index (Phi) is 6.03. The quantitative estimate of drug-likeness (QED) is 0.569. The van der Waals surface area contributed by atoms with Crippen molar-refractivity contribution >= 4 is 41.0 Å². The molecule has 1 aromatic rings. The number of imide groups is 2. The van der Waals surface area contributed by atoms with Crippen LogP contribution in [0.15, 0.2) is 12.1 Å². The van der Waals surface area contributed by atoms with Crippen LogP contribution in [-0.2, 0) is 14.4 Å². The van der Waals surface area contributed by atoms with Crippen LogP contribution < -0.4 is 14.8 Å². The smallest absolute Gasteiger partial charge is 0.334 e. The van der Waals surface area contributed by atoms with Gasteiger partial charge in [-0.3, -0.25) is 19.3 Å². The molecular formula is C18H20ClN3O6. The van der Waals surface area contributed by atoms with Crippen molar-refractivity contribution < 1.29 is 28.7 Å². The first kappa shape index (κ1) is 19.9. The molecule has 3 rings (SSSR count). The number of carbonyl (C=O) groups excluding carboxylic acids is 4. The lowest BCUT2D eigenvalue weighted by Gasteiger charge is -2.16. The molecule has 0 unspecified atom stereocenters. The van der Waals surface area contributed by atoms with E-state index >= 15 is 0 Å². The molecule has 0 aliphatic carbocycles. The second-order valence-electron chi connectivity index (χ2n) is 6.36. The second kappa shape index (κ2) is 8.47. The van der Waals surface area contributed by atoms with Gasteiger partial charge in [0.2, 0.25) is 5.91 Å². The number of benzene rings is 1. The Labute approximate surface area is 166 Å². The Hall–Kier alpha value is -2.81. The van der Waals surface area contributed by atoms with E-state index in [0.29, 0.717) is 36.0 Å². The Morgan fingerprint density at radius 3 is 2.43 bits per heavy atom. The van der Waals surface area contributed by atoms with Gasteiger partial charge in [-0.25, -0.2) is 9.69 Å². The third-order valence-electron chi connectivity index (χ3n) is 4.28. The highest BCUT2D eigenvalue weighted by molar-refractivity contribution is 6.45. The van der Waals surface area contributed by atoms with E-state index < -0.39 is 30.3 Å². The van der Waals surface area contributed by atoms with Crippen molar-refractivity contribution in [2.45, 2.75) is 26.2 Å². The number of unbranched alkanes of at least 4 members (excludes halogenated alkanes) is 1. The molecule has 10 heteroatoms. The molecule has 28 heavy (non-hydrogen) atoms. The van der Waals surface area contributed by atoms with Gasteiger partial charge in [-0.05, 0) is 6.42 Å². The highest BCUT2D eigenvalue weighted by Gasteiger charge is 2.44. The summed E-state index contributed by atoms with van der Waals surface area (Å²) < 4.78 is 11.1. The van der Waals surface area contributed by atoms with Crippen molar-refractivity contribution in [1.29, 1.82) is 0 Å². The molecule has 2 heterocycles. The zero-order chi connectivity index (χ0) is 20.3. The summed E-state index contributed by atoms with van der Waals surface area (Å²) in [5, 5.41) is 2.76. The monoisotopic (exact) mass is 409 g/mol. The van der Waals surface area contributed by atoms with Gasteiger partial charge in [0.1, 0.15) is 6.54 Å². The van der Waals surface area contributed by atoms with E-state index in [4.69, 9.17) is 21.1 Å². The number of anilines is 1. The van der Waals surface area contributed by atoms with Crippen molar-refractivity contribution in [3.05, 3.63) is 17.2 Å². The van der Waals surface area contributed by atoms with Gasteiger partial charge in [-0.1, -0.05) is 24.9 Å². The topological polar surface area (TPSA) is 105 Å². The second-order valence-corrected chi connectivity index (χ2v) is 6.77. The summed E-state index contributed by atoms with van der Waals surface area (Å²) in [6.07, 6.45) is 2.06. The Morgan fingerprint density at radius 2 is 1.75 bits per heavy atom. The molecule has 9 nitrogen and oxygen atoms in total. The molecule has 1 N–H and O–H groups in total. The summed E-state index contributed by atoms with van der Waals surface area (Å²) >= 11 is 6.18. The Morgan fingerprint density at radius 1 is 1.11 bits per heavy atom. The molecule has 0 spiro atoms. The first-order valence-corrected chi connectivity index (χ1v) is 9.36. The van der Waals surface area contributed by atoms with Crippen LogP contribution in [0.4, 0.5) is 10.5 Å². The molecule has 5 amide bonds. The molecule has 0 bridgehead atoms. The SMILES string of the molecule is CCCCN1C(=O)C(=O)N(CC(=O)Nc2cc3c(cc2Cl)OCCCO3)C1=O. The predicted octanol–water partition coefficient (Wildman–Crippen LogP) is 2.03. The third-order valence-corrected chi connectivity index (χ3v) is 4.60. The minimum absolute atomic E-state index is 0.145. The maximum Gasteiger partial charge on any atom is 0.334 e. The number of rotatable bonds is 6. The molecule has 0 radical (unpaired) electrons. The molecule has 2 aliphatic rings. The average Bonchev–Trinajstić information content (AvgIpc) is 2.83. The van der Waals surface area contributed by atoms with Crippen LogP contribution in [-0.4, -0.2) is 59.9 Å². The van der Waals surface area contributed by atoms with Gasteiger partial charge in [0, 0.05) is 25.1 Å². The number of ether oxygens (including phenoxy) is 2. The minimum atomic E-state index is -1.01. The van der Waals surface area contributed by atoms with Gasteiger partial charge in [-0.2, -0.15) is 0 Å². The van der Waals surface area contributed by atoms with Crippen LogP contribution in [0.1, 0.15) is 26.2 Å². The summed E-state index contributed by atoms with van der Waals surface area (Å²) in [4.78, 5) is 50.1. The van der Waals surface area contributed by atoms with E-state index in [2.05, 4.69) is 5.32 Å². The van der Waals surface area contributed by atoms with E-state index in [1.165, 1.54) is 12.1 Å². The molecular weight excluding hydrogens is 390 g/mol. The molecule has 0 atom stereocenters. The van der Waals surface area contributed by atoms with Gasteiger partial charge in [0.15, 0.2) is 11.5 Å². The standard InChI is InChI=1S/C18H20ClN3O6/c1-2-3-5-21-16(24)17(25)22(18(21)26)10-15(23)20-12-9-14-13(8-11(12)19)27-6-4-7-28-14/h8-9H,2-7,10H2,1H3,(H,20,23). The van der Waals surface area contributed by atoms with Crippen LogP contribution >= 0.6 is 11.6 Å².